The Bertz CT molecular complexity index is 5210. The molecule has 0 saturated carbocycles. The zero-order valence-electron chi connectivity index (χ0n) is 88.3. The third kappa shape index (κ3) is 45.9. The molecule has 6 heterocycles. The molecule has 0 radical (unpaired) electrons. The maximum Gasteiger partial charge on any atom is 0.404 e. The molecule has 14 atom stereocenters. The zero-order valence-corrected chi connectivity index (χ0v) is 93.2. The zero-order chi connectivity index (χ0) is 111. The van der Waals surface area contributed by atoms with Crippen molar-refractivity contribution in [3.05, 3.63) is 149 Å². The number of carbonyl (C=O) groups excluding carboxylic acids is 13. The van der Waals surface area contributed by atoms with E-state index < -0.39 is 130 Å². The van der Waals surface area contributed by atoms with Crippen molar-refractivity contribution in [2.24, 2.45) is 58.4 Å². The lowest BCUT2D eigenvalue weighted by atomic mass is 9.92. The number of phenolic OH excluding ortho intramolecular Hbond substituents is 2. The van der Waals surface area contributed by atoms with Gasteiger partial charge in [0, 0.05) is 123 Å². The fourth-order valence-electron chi connectivity index (χ4n) is 16.1. The van der Waals surface area contributed by atoms with Gasteiger partial charge < -0.3 is 92.6 Å². The molecule has 8 rings (SSSR count). The Balaban J connectivity index is 0.000000400. The monoisotopic (exact) mass is 2210 g/mol. The van der Waals surface area contributed by atoms with E-state index in [-0.39, 0.29) is 147 Å². The minimum atomic E-state index is -0.992. The van der Waals surface area contributed by atoms with Gasteiger partial charge in [-0.05, 0) is 184 Å². The number of thiazole rings is 2. The number of likely N-dealkylation sites (tertiary alicyclic amines) is 2. The fourth-order valence-corrected chi connectivity index (χ4v) is 21.5. The number of ether oxygens (including phenoxy) is 6. The standard InChI is InChI=1S/C43H68N6O8S.C42H64N6O9S.2C8H9N3O4S2/c1-9-11-14-21-56-26-49(43(55)38(28(5)10-2)47-41(54)35-15-12-13-20-48(35)8)36(27(3)4)24-37(57-30(7)50)42-46-34(25-58-42)40(53)45-32(22-29(6)39(44)52)23-31-16-18-33(51)19-17-31;1-9-13-36(51)56-24-48(42(55)37(26(5)10-2)46-40(54)33-14-11-12-19-47(33)8)34(25(3)4)22-35(57-28(7)49)41-45-32(23-58-41)39(53)44-30(20-27(6)38(43)52)21-29-15-17-31(50)18-16-29;2*9-8(12)15-4-5-16-17-7-6(11(13)14)2-1-3-10-7/h16-19,25,27-29,32,35-38,51H,9-15,20-24,26H2,1-8H3,(H2,44,52)(H,45,53)(H,47,54);15-18,23,25-27,30,33-35,37,50H,9-14,19-22,24H2,1-8H3,(H2,43,52)(H,44,53)(H,46,54);2*1-3H,4-5H2,(H2,9,12)/t28-,29-,32+,35+,36+,37+,38-;26-,27-,30+,33+,34+,35+,37-;;/m00../s1. The number of primary amides is 4. The van der Waals surface area contributed by atoms with Gasteiger partial charge in [-0.3, -0.25) is 82.8 Å². The van der Waals surface area contributed by atoms with Crippen LogP contribution in [0.15, 0.2) is 106 Å². The molecule has 2 fully saturated rings. The summed E-state index contributed by atoms with van der Waals surface area (Å²) in [6, 6.07) is 14.4. The number of carbonyl (C=O) groups is 13. The second-order valence-electron chi connectivity index (χ2n) is 37.4. The highest BCUT2D eigenvalue weighted by atomic mass is 33.1. The molecule has 2 saturated heterocycles. The highest BCUT2D eigenvalue weighted by Gasteiger charge is 2.43. The van der Waals surface area contributed by atoms with E-state index in [1.54, 1.807) is 78.0 Å². The van der Waals surface area contributed by atoms with Crippen LogP contribution in [0, 0.1) is 55.7 Å². The Morgan fingerprint density at radius 2 is 0.913 bits per heavy atom. The van der Waals surface area contributed by atoms with E-state index in [0.717, 1.165) is 109 Å². The third-order valence-electron chi connectivity index (χ3n) is 24.9. The van der Waals surface area contributed by atoms with Gasteiger partial charge >= 0.3 is 41.5 Å². The first-order valence-corrected chi connectivity index (χ1v) is 56.6. The normalized spacial score (nSPS) is 15.9. The quantitative estimate of drug-likeness (QED) is 0.00322. The van der Waals surface area contributed by atoms with Gasteiger partial charge in [-0.2, -0.15) is 0 Å². The number of rotatable bonds is 58. The number of phenols is 2. The van der Waals surface area contributed by atoms with Gasteiger partial charge in [-0.1, -0.05) is 167 Å². The molecular formula is C101H150N18O25S6. The number of amides is 10. The van der Waals surface area contributed by atoms with Crippen molar-refractivity contribution in [3.8, 4) is 11.5 Å². The summed E-state index contributed by atoms with van der Waals surface area (Å²) in [6.07, 6.45) is 11.0. The number of pyridine rings is 2. The van der Waals surface area contributed by atoms with Gasteiger partial charge in [0.05, 0.1) is 21.9 Å². The summed E-state index contributed by atoms with van der Waals surface area (Å²) in [7, 11) is 8.76. The molecular weight excluding hydrogens is 2060 g/mol. The van der Waals surface area contributed by atoms with E-state index in [1.165, 1.54) is 88.3 Å². The molecule has 2 aliphatic heterocycles. The lowest BCUT2D eigenvalue weighted by molar-refractivity contribution is -0.388. The number of piperidine rings is 2. The molecule has 4 aromatic heterocycles. The molecule has 0 bridgehead atoms. The summed E-state index contributed by atoms with van der Waals surface area (Å²) in [4.78, 5) is 211. The molecule has 0 unspecified atom stereocenters. The van der Waals surface area contributed by atoms with E-state index >= 15 is 0 Å². The Morgan fingerprint density at radius 1 is 0.520 bits per heavy atom. The highest BCUT2D eigenvalue weighted by molar-refractivity contribution is 8.77. The van der Waals surface area contributed by atoms with E-state index in [2.05, 4.69) is 57.6 Å². The molecule has 14 N–H and O–H groups in total. The van der Waals surface area contributed by atoms with Crippen LogP contribution in [0.2, 0.25) is 0 Å². The lowest BCUT2D eigenvalue weighted by Crippen LogP contribution is -2.59. The first kappa shape index (κ1) is 129. The average Bonchev–Trinajstić information content (AvgIpc) is 1.36. The van der Waals surface area contributed by atoms with Gasteiger partial charge in [0.25, 0.3) is 11.8 Å². The fraction of sp³-hybridized carbons (Fsp3) is 0.594. The topological polar surface area (TPSA) is 621 Å². The number of nitrogens with two attached hydrogens (primary N) is 4. The van der Waals surface area contributed by atoms with Gasteiger partial charge in [-0.25, -0.2) is 29.5 Å². The van der Waals surface area contributed by atoms with Crippen LogP contribution >= 0.6 is 65.8 Å². The molecule has 0 aliphatic carbocycles. The highest BCUT2D eigenvalue weighted by Crippen LogP contribution is 2.39. The Morgan fingerprint density at radius 3 is 1.25 bits per heavy atom. The van der Waals surface area contributed by atoms with Crippen molar-refractivity contribution < 1.29 is 111 Å². The van der Waals surface area contributed by atoms with Crippen LogP contribution in [-0.2, 0) is 84.4 Å². The van der Waals surface area contributed by atoms with Crippen LogP contribution in [0.1, 0.15) is 260 Å². The summed E-state index contributed by atoms with van der Waals surface area (Å²) in [5.41, 5.74) is 22.4. The summed E-state index contributed by atoms with van der Waals surface area (Å²) in [5, 5.41) is 57.4. The van der Waals surface area contributed by atoms with Gasteiger partial charge in [0.2, 0.25) is 35.4 Å². The molecule has 0 spiro atoms. The molecule has 2 aliphatic rings. The molecule has 10 amide bonds. The van der Waals surface area contributed by atoms with Crippen LogP contribution in [0.5, 0.6) is 11.5 Å². The third-order valence-corrected chi connectivity index (χ3v) is 31.3. The number of unbranched alkanes of at least 4 members (excludes halogenated alkanes) is 2. The number of likely N-dealkylation sites (N-methyl/N-ethyl adjacent to an activating group) is 2. The van der Waals surface area contributed by atoms with Crippen molar-refractivity contribution in [2.45, 2.75) is 290 Å². The number of benzene rings is 2. The van der Waals surface area contributed by atoms with E-state index in [1.807, 2.05) is 86.2 Å². The number of nitrogens with zero attached hydrogens (tertiary/aromatic N) is 10. The number of nitrogens with one attached hydrogen (secondary N) is 4. The van der Waals surface area contributed by atoms with Crippen molar-refractivity contribution in [2.75, 3.05) is 72.0 Å². The van der Waals surface area contributed by atoms with Gasteiger partial charge in [0.15, 0.2) is 29.0 Å². The predicted molar refractivity (Wildman–Crippen MR) is 575 cm³/mol. The maximum atomic E-state index is 14.8. The van der Waals surface area contributed by atoms with Crippen LogP contribution in [0.3, 0.4) is 0 Å². The molecule has 43 nitrogen and oxygen atoms in total. The Labute approximate surface area is 900 Å². The average molecular weight is 2210 g/mol. The van der Waals surface area contributed by atoms with Gasteiger partial charge in [0.1, 0.15) is 64.9 Å². The minimum absolute atomic E-state index is 0.0119. The van der Waals surface area contributed by atoms with Crippen molar-refractivity contribution >= 4 is 155 Å². The van der Waals surface area contributed by atoms with Crippen molar-refractivity contribution in [3.63, 3.8) is 0 Å². The number of aromatic nitrogens is 4. The van der Waals surface area contributed by atoms with E-state index in [4.69, 9.17) is 41.9 Å². The second-order valence-corrected chi connectivity index (χ2v) is 44.0. The number of esters is 3. The maximum absolute atomic E-state index is 14.8. The Kier molecular flexibility index (Phi) is 58.7. The number of hydrogen-bond donors (Lipinski definition) is 10. The predicted octanol–water partition coefficient (Wildman–Crippen LogP) is 14.2. The molecule has 49 heteroatoms. The first-order chi connectivity index (χ1) is 71.2. The van der Waals surface area contributed by atoms with Crippen molar-refractivity contribution in [1.82, 2.24) is 60.8 Å². The molecule has 2 aromatic carbocycles. The second kappa shape index (κ2) is 68.3. The first-order valence-electron chi connectivity index (χ1n) is 50.2. The summed E-state index contributed by atoms with van der Waals surface area (Å²) >= 11 is 2.29. The van der Waals surface area contributed by atoms with E-state index in [0.29, 0.717) is 76.7 Å². The Hall–Kier alpha value is -11.6. The van der Waals surface area contributed by atoms with Crippen LogP contribution in [0.25, 0.3) is 0 Å². The number of aromatic hydroxyl groups is 2. The van der Waals surface area contributed by atoms with Crippen LogP contribution in [0.4, 0.5) is 21.0 Å². The van der Waals surface area contributed by atoms with Crippen molar-refractivity contribution in [1.29, 1.82) is 0 Å². The number of hydrogen-bond acceptors (Lipinski definition) is 37. The van der Waals surface area contributed by atoms with Crippen LogP contribution in [-0.4, -0.2) is 257 Å². The van der Waals surface area contributed by atoms with Crippen LogP contribution < -0.4 is 44.2 Å². The largest absolute Gasteiger partial charge is 0.508 e. The SMILES string of the molecule is CCCC(=O)OCN(C(=O)[C@@H](NC(=O)[C@H]1CCCCN1C)[C@@H](C)CC)[C@H](C[C@@H](OC(C)=O)c1nc(C(=O)N[C@@H](Cc2ccc(O)cc2)C[C@H](C)C(N)=O)cs1)C(C)C.CCCCCOCN(C(=O)[C@@H](NC(=O)[C@H]1CCCCN1C)[C@@H](C)CC)[C@H](C[C@@H](OC(C)=O)c1nc(C(=O)N[C@@H](Cc2ccc(O)cc2)C[C@H](C)C(N)=O)cs1)C(C)C.NC(=O)OCCSSc1ncccc1[N+](=O)[O-].NC(=O)OCCSSc1ncccc1[N+](=O)[O-]. The number of nitro groups is 2. The molecule has 150 heavy (non-hydrogen) atoms. The van der Waals surface area contributed by atoms with E-state index in [9.17, 15) is 92.8 Å². The molecule has 830 valence electrons. The summed E-state index contributed by atoms with van der Waals surface area (Å²) in [6.45, 7) is 27.5. The summed E-state index contributed by atoms with van der Waals surface area (Å²) in [5.74, 6) is -5.39. The molecule has 6 aromatic rings. The summed E-state index contributed by atoms with van der Waals surface area (Å²) < 4.78 is 32.5. The van der Waals surface area contributed by atoms with Gasteiger partial charge in [-0.15, -0.1) is 22.7 Å². The smallest absolute Gasteiger partial charge is 0.404 e. The lowest BCUT2D eigenvalue weighted by Gasteiger charge is -2.40. The minimum Gasteiger partial charge on any atom is -0.508 e.